The standard InChI is InChI=1S/C16H19ClN4O2/c1-10-6-12(2-3-13(10)17)23-9-15(22)21-5-4-11(8-21)16-14(18)7-19-20-16/h2-3,6-7,11H,4-5,8-9,18H2,1H3,(H,19,20). The summed E-state index contributed by atoms with van der Waals surface area (Å²) < 4.78 is 5.57. The Morgan fingerprint density at radius 1 is 1.57 bits per heavy atom. The van der Waals surface area contributed by atoms with E-state index in [0.29, 0.717) is 29.5 Å². The highest BCUT2D eigenvalue weighted by Crippen LogP contribution is 2.29. The van der Waals surface area contributed by atoms with Gasteiger partial charge in [0.25, 0.3) is 5.91 Å². The molecule has 7 heteroatoms. The van der Waals surface area contributed by atoms with Crippen LogP contribution in [0, 0.1) is 6.92 Å². The molecule has 1 aromatic heterocycles. The van der Waals surface area contributed by atoms with Gasteiger partial charge in [-0.05, 0) is 37.1 Å². The lowest BCUT2D eigenvalue weighted by atomic mass is 10.0. The molecule has 0 bridgehead atoms. The minimum atomic E-state index is -0.0295. The summed E-state index contributed by atoms with van der Waals surface area (Å²) in [5.74, 6) is 0.825. The molecule has 0 saturated carbocycles. The number of likely N-dealkylation sites (tertiary alicyclic amines) is 1. The number of nitrogen functional groups attached to an aromatic ring is 1. The largest absolute Gasteiger partial charge is 0.484 e. The van der Waals surface area contributed by atoms with Crippen molar-refractivity contribution in [1.29, 1.82) is 0 Å². The molecule has 3 rings (SSSR count). The predicted molar refractivity (Wildman–Crippen MR) is 88.6 cm³/mol. The zero-order valence-corrected chi connectivity index (χ0v) is 13.6. The van der Waals surface area contributed by atoms with Crippen LogP contribution < -0.4 is 10.5 Å². The van der Waals surface area contributed by atoms with Gasteiger partial charge in [0.1, 0.15) is 5.75 Å². The molecule has 1 amide bonds. The number of benzene rings is 1. The number of rotatable bonds is 4. The van der Waals surface area contributed by atoms with Gasteiger partial charge in [-0.25, -0.2) is 0 Å². The van der Waals surface area contributed by atoms with Crippen molar-refractivity contribution in [1.82, 2.24) is 15.1 Å². The molecule has 122 valence electrons. The van der Waals surface area contributed by atoms with Gasteiger partial charge in [0.05, 0.1) is 17.6 Å². The van der Waals surface area contributed by atoms with E-state index in [1.807, 2.05) is 13.0 Å². The van der Waals surface area contributed by atoms with Crippen molar-refractivity contribution in [2.45, 2.75) is 19.3 Å². The van der Waals surface area contributed by atoms with E-state index < -0.39 is 0 Å². The number of anilines is 1. The molecule has 0 radical (unpaired) electrons. The van der Waals surface area contributed by atoms with E-state index in [9.17, 15) is 4.79 Å². The molecule has 2 heterocycles. The zero-order chi connectivity index (χ0) is 16.4. The van der Waals surface area contributed by atoms with Crippen molar-refractivity contribution >= 4 is 23.2 Å². The average Bonchev–Trinajstić information content (AvgIpc) is 3.16. The van der Waals surface area contributed by atoms with Crippen LogP contribution in [0.3, 0.4) is 0 Å². The molecule has 1 atom stereocenters. The number of hydrogen-bond donors (Lipinski definition) is 2. The number of nitrogens with zero attached hydrogens (tertiary/aromatic N) is 2. The van der Waals surface area contributed by atoms with Crippen LogP contribution in [0.4, 0.5) is 5.69 Å². The van der Waals surface area contributed by atoms with Crippen LogP contribution in [-0.4, -0.2) is 40.7 Å². The maximum Gasteiger partial charge on any atom is 0.260 e. The van der Waals surface area contributed by atoms with Gasteiger partial charge < -0.3 is 15.4 Å². The lowest BCUT2D eigenvalue weighted by Gasteiger charge is -2.17. The second-order valence-electron chi connectivity index (χ2n) is 5.76. The Balaban J connectivity index is 1.55. The molecule has 2 aromatic rings. The minimum Gasteiger partial charge on any atom is -0.484 e. The topological polar surface area (TPSA) is 84.2 Å². The van der Waals surface area contributed by atoms with Crippen molar-refractivity contribution in [3.05, 3.63) is 40.7 Å². The summed E-state index contributed by atoms with van der Waals surface area (Å²) in [4.78, 5) is 14.1. The van der Waals surface area contributed by atoms with Crippen molar-refractivity contribution < 1.29 is 9.53 Å². The van der Waals surface area contributed by atoms with Gasteiger partial charge in [0, 0.05) is 24.0 Å². The van der Waals surface area contributed by atoms with E-state index in [4.69, 9.17) is 22.1 Å². The third kappa shape index (κ3) is 3.42. The number of H-pyrrole nitrogens is 1. The third-order valence-corrected chi connectivity index (χ3v) is 4.56. The second-order valence-corrected chi connectivity index (χ2v) is 6.17. The molecule has 1 aliphatic heterocycles. The summed E-state index contributed by atoms with van der Waals surface area (Å²) >= 11 is 5.98. The molecule has 1 aliphatic rings. The number of hydrogen-bond acceptors (Lipinski definition) is 4. The lowest BCUT2D eigenvalue weighted by Crippen LogP contribution is -2.32. The molecule has 1 aromatic carbocycles. The van der Waals surface area contributed by atoms with Crippen molar-refractivity contribution in [3.8, 4) is 5.75 Å². The number of carbonyl (C=O) groups excluding carboxylic acids is 1. The summed E-state index contributed by atoms with van der Waals surface area (Å²) in [6.45, 7) is 3.25. The quantitative estimate of drug-likeness (QED) is 0.898. The van der Waals surface area contributed by atoms with E-state index in [0.717, 1.165) is 17.7 Å². The number of nitrogens with one attached hydrogen (secondary N) is 1. The maximum absolute atomic E-state index is 12.3. The normalized spacial score (nSPS) is 17.5. The summed E-state index contributed by atoms with van der Waals surface area (Å²) in [6, 6.07) is 5.36. The fourth-order valence-corrected chi connectivity index (χ4v) is 2.92. The molecule has 1 saturated heterocycles. The maximum atomic E-state index is 12.3. The van der Waals surface area contributed by atoms with Crippen LogP contribution in [0.25, 0.3) is 0 Å². The van der Waals surface area contributed by atoms with E-state index in [1.165, 1.54) is 0 Å². The van der Waals surface area contributed by atoms with Gasteiger partial charge in [-0.3, -0.25) is 9.89 Å². The fraction of sp³-hybridized carbons (Fsp3) is 0.375. The Bertz CT molecular complexity index is 716. The van der Waals surface area contributed by atoms with Crippen LogP contribution >= 0.6 is 11.6 Å². The summed E-state index contributed by atoms with van der Waals surface area (Å²) in [6.07, 6.45) is 2.48. The first-order chi connectivity index (χ1) is 11.0. The molecule has 6 nitrogen and oxygen atoms in total. The van der Waals surface area contributed by atoms with Gasteiger partial charge in [-0.2, -0.15) is 5.10 Å². The molecule has 0 aliphatic carbocycles. The Morgan fingerprint density at radius 3 is 3.09 bits per heavy atom. The number of aryl methyl sites for hydroxylation is 1. The first-order valence-electron chi connectivity index (χ1n) is 7.50. The highest BCUT2D eigenvalue weighted by Gasteiger charge is 2.29. The predicted octanol–water partition coefficient (Wildman–Crippen LogP) is 2.35. The smallest absolute Gasteiger partial charge is 0.260 e. The van der Waals surface area contributed by atoms with Crippen LogP contribution in [0.15, 0.2) is 24.4 Å². The molecular weight excluding hydrogens is 316 g/mol. The van der Waals surface area contributed by atoms with E-state index in [1.54, 1.807) is 23.2 Å². The van der Waals surface area contributed by atoms with Gasteiger partial charge in [0.2, 0.25) is 0 Å². The number of ether oxygens (including phenoxy) is 1. The first-order valence-corrected chi connectivity index (χ1v) is 7.88. The number of aromatic nitrogens is 2. The molecule has 3 N–H and O–H groups in total. The Labute approximate surface area is 139 Å². The van der Waals surface area contributed by atoms with Crippen LogP contribution in [0.5, 0.6) is 5.75 Å². The second kappa shape index (κ2) is 6.50. The van der Waals surface area contributed by atoms with Gasteiger partial charge >= 0.3 is 0 Å². The van der Waals surface area contributed by atoms with Crippen molar-refractivity contribution in [3.63, 3.8) is 0 Å². The Morgan fingerprint density at radius 2 is 2.39 bits per heavy atom. The SMILES string of the molecule is Cc1cc(OCC(=O)N2CCC(c3[nH]ncc3N)C2)ccc1Cl. The van der Waals surface area contributed by atoms with Crippen LogP contribution in [0.1, 0.15) is 23.6 Å². The third-order valence-electron chi connectivity index (χ3n) is 4.14. The first kappa shape index (κ1) is 15.7. The number of carbonyl (C=O) groups is 1. The fourth-order valence-electron chi connectivity index (χ4n) is 2.80. The monoisotopic (exact) mass is 334 g/mol. The van der Waals surface area contributed by atoms with E-state index in [2.05, 4.69) is 10.2 Å². The van der Waals surface area contributed by atoms with E-state index >= 15 is 0 Å². The Kier molecular flexibility index (Phi) is 4.43. The highest BCUT2D eigenvalue weighted by atomic mass is 35.5. The highest BCUT2D eigenvalue weighted by molar-refractivity contribution is 6.31. The molecule has 1 fully saturated rings. The van der Waals surface area contributed by atoms with Gasteiger partial charge in [-0.15, -0.1) is 0 Å². The number of nitrogens with two attached hydrogens (primary N) is 1. The average molecular weight is 335 g/mol. The van der Waals surface area contributed by atoms with Gasteiger partial charge in [0.15, 0.2) is 6.61 Å². The number of amides is 1. The van der Waals surface area contributed by atoms with Crippen molar-refractivity contribution in [2.24, 2.45) is 0 Å². The minimum absolute atomic E-state index is 0.0201. The number of aromatic amines is 1. The van der Waals surface area contributed by atoms with Gasteiger partial charge in [-0.1, -0.05) is 11.6 Å². The lowest BCUT2D eigenvalue weighted by molar-refractivity contribution is -0.132. The zero-order valence-electron chi connectivity index (χ0n) is 12.9. The molecular formula is C16H19ClN4O2. The molecule has 1 unspecified atom stereocenters. The molecule has 0 spiro atoms. The van der Waals surface area contributed by atoms with Crippen molar-refractivity contribution in [2.75, 3.05) is 25.4 Å². The van der Waals surface area contributed by atoms with Crippen LogP contribution in [0.2, 0.25) is 5.02 Å². The molecule has 23 heavy (non-hydrogen) atoms. The summed E-state index contributed by atoms with van der Waals surface area (Å²) in [7, 11) is 0. The van der Waals surface area contributed by atoms with Crippen LogP contribution in [-0.2, 0) is 4.79 Å². The Hall–Kier alpha value is -2.21. The van der Waals surface area contributed by atoms with E-state index in [-0.39, 0.29) is 18.4 Å². The number of halogens is 1. The summed E-state index contributed by atoms with van der Waals surface area (Å²) in [5.41, 5.74) is 8.36. The summed E-state index contributed by atoms with van der Waals surface area (Å²) in [5, 5.41) is 7.54.